The summed E-state index contributed by atoms with van der Waals surface area (Å²) >= 11 is 0. The maximum atomic E-state index is 15.4. The van der Waals surface area contributed by atoms with Gasteiger partial charge in [-0.3, -0.25) is 9.52 Å². The van der Waals surface area contributed by atoms with Crippen LogP contribution in [-0.2, 0) is 16.4 Å². The minimum Gasteiger partial charge on any atom is -0.368 e. The van der Waals surface area contributed by atoms with Crippen LogP contribution in [0.15, 0.2) is 48.8 Å². The molecule has 15 heteroatoms. The molecular weight excluding hydrogens is 595 g/mol. The summed E-state index contributed by atoms with van der Waals surface area (Å²) in [7, 11) is -2.93. The van der Waals surface area contributed by atoms with Crippen molar-refractivity contribution in [3.63, 3.8) is 0 Å². The van der Waals surface area contributed by atoms with Crippen molar-refractivity contribution in [2.45, 2.75) is 13.1 Å². The molecule has 3 N–H and O–H groups in total. The van der Waals surface area contributed by atoms with Crippen molar-refractivity contribution in [1.29, 1.82) is 0 Å². The van der Waals surface area contributed by atoms with Gasteiger partial charge in [0.05, 0.1) is 16.8 Å². The van der Waals surface area contributed by atoms with E-state index in [1.54, 1.807) is 11.8 Å². The molecule has 4 aromatic rings. The van der Waals surface area contributed by atoms with Crippen molar-refractivity contribution in [2.75, 3.05) is 49.4 Å². The van der Waals surface area contributed by atoms with E-state index < -0.39 is 50.6 Å². The lowest BCUT2D eigenvalue weighted by molar-refractivity contribution is -0.137. The maximum absolute atomic E-state index is 15.4. The molecule has 43 heavy (non-hydrogen) atoms. The predicted molar refractivity (Wildman–Crippen MR) is 152 cm³/mol. The van der Waals surface area contributed by atoms with E-state index in [0.717, 1.165) is 22.5 Å². The number of nitrogens with zero attached hydrogens (tertiary/aromatic N) is 3. The molecule has 1 aliphatic rings. The van der Waals surface area contributed by atoms with Gasteiger partial charge in [-0.2, -0.15) is 25.9 Å². The van der Waals surface area contributed by atoms with Crippen LogP contribution in [0.4, 0.5) is 33.3 Å². The number of H-pyrrole nitrogens is 1. The lowest BCUT2D eigenvalue weighted by Crippen LogP contribution is -2.44. The number of hydrogen-bond donors (Lipinski definition) is 3. The van der Waals surface area contributed by atoms with Gasteiger partial charge in [0.25, 0.3) is 0 Å². The SMILES string of the molecule is CCN(C)S(=O)(=O)Nc1ccc(F)c(C(=O)c2c[nH]c3ncc(-c4ccc(N5CCNCC5)c(C(F)(F)F)c4)cc23)c1F. The zero-order valence-electron chi connectivity index (χ0n) is 23.0. The molecule has 0 unspecified atom stereocenters. The Balaban J connectivity index is 1.55. The molecule has 1 aliphatic heterocycles. The first kappa shape index (κ1) is 30.4. The number of carbonyl (C=O) groups excluding carboxylic acids is 1. The van der Waals surface area contributed by atoms with Crippen LogP contribution >= 0.6 is 0 Å². The molecule has 0 radical (unpaired) electrons. The third-order valence-corrected chi connectivity index (χ3v) is 8.84. The molecular formula is C28H27F5N6O3S. The molecule has 1 saturated heterocycles. The van der Waals surface area contributed by atoms with Gasteiger partial charge in [-0.05, 0) is 35.9 Å². The number of aromatic amines is 1. The number of pyridine rings is 1. The fourth-order valence-electron chi connectivity index (χ4n) is 4.83. The molecule has 0 bridgehead atoms. The van der Waals surface area contributed by atoms with Gasteiger partial charge in [0.15, 0.2) is 5.82 Å². The van der Waals surface area contributed by atoms with Crippen molar-refractivity contribution in [3.05, 3.63) is 77.1 Å². The first-order valence-electron chi connectivity index (χ1n) is 13.2. The van der Waals surface area contributed by atoms with Crippen LogP contribution in [0.25, 0.3) is 22.2 Å². The number of fused-ring (bicyclic) bond motifs is 1. The van der Waals surface area contributed by atoms with Gasteiger partial charge in [0.2, 0.25) is 5.78 Å². The van der Waals surface area contributed by atoms with Crippen LogP contribution in [0, 0.1) is 11.6 Å². The number of hydrogen-bond acceptors (Lipinski definition) is 6. The predicted octanol–water partition coefficient (Wildman–Crippen LogP) is 4.78. The fraction of sp³-hybridized carbons (Fsp3) is 0.286. The van der Waals surface area contributed by atoms with Crippen LogP contribution in [0.3, 0.4) is 0 Å². The Morgan fingerprint density at radius 1 is 1.09 bits per heavy atom. The number of carbonyl (C=O) groups is 1. The van der Waals surface area contributed by atoms with E-state index in [1.165, 1.54) is 37.6 Å². The Hall–Kier alpha value is -4.08. The number of nitrogens with one attached hydrogen (secondary N) is 3. The van der Waals surface area contributed by atoms with Crippen LogP contribution < -0.4 is 14.9 Å². The summed E-state index contributed by atoms with van der Waals surface area (Å²) in [4.78, 5) is 22.0. The summed E-state index contributed by atoms with van der Waals surface area (Å²) in [6.45, 7) is 3.55. The molecule has 9 nitrogen and oxygen atoms in total. The zero-order chi connectivity index (χ0) is 31.1. The molecule has 228 valence electrons. The Labute approximate surface area is 243 Å². The van der Waals surface area contributed by atoms with Crippen molar-refractivity contribution in [1.82, 2.24) is 19.6 Å². The monoisotopic (exact) mass is 622 g/mol. The van der Waals surface area contributed by atoms with Gasteiger partial charge in [-0.25, -0.2) is 13.8 Å². The summed E-state index contributed by atoms with van der Waals surface area (Å²) in [5.74, 6) is -3.77. The number of ketones is 1. The second-order valence-electron chi connectivity index (χ2n) is 9.92. The Morgan fingerprint density at radius 3 is 2.49 bits per heavy atom. The number of anilines is 2. The van der Waals surface area contributed by atoms with Crippen LogP contribution in [-0.4, -0.2) is 68.2 Å². The van der Waals surface area contributed by atoms with Crippen molar-refractivity contribution in [2.24, 2.45) is 0 Å². The molecule has 2 aromatic carbocycles. The lowest BCUT2D eigenvalue weighted by atomic mass is 9.98. The lowest BCUT2D eigenvalue weighted by Gasteiger charge is -2.31. The van der Waals surface area contributed by atoms with E-state index in [2.05, 4.69) is 15.3 Å². The molecule has 3 heterocycles. The molecule has 0 aliphatic carbocycles. The van der Waals surface area contributed by atoms with E-state index in [1.807, 2.05) is 4.72 Å². The summed E-state index contributed by atoms with van der Waals surface area (Å²) in [6, 6.07) is 6.95. The van der Waals surface area contributed by atoms with Crippen molar-refractivity contribution >= 4 is 38.4 Å². The summed E-state index contributed by atoms with van der Waals surface area (Å²) in [6.07, 6.45) is -2.14. The van der Waals surface area contributed by atoms with Gasteiger partial charge >= 0.3 is 16.4 Å². The average Bonchev–Trinajstić information content (AvgIpc) is 3.41. The second kappa shape index (κ2) is 11.5. The molecule has 1 fully saturated rings. The van der Waals surface area contributed by atoms with E-state index >= 15 is 4.39 Å². The van der Waals surface area contributed by atoms with E-state index in [0.29, 0.717) is 26.2 Å². The molecule has 0 saturated carbocycles. The van der Waals surface area contributed by atoms with Gasteiger partial charge < -0.3 is 15.2 Å². The summed E-state index contributed by atoms with van der Waals surface area (Å²) < 4.78 is 100. The number of benzene rings is 2. The van der Waals surface area contributed by atoms with E-state index in [-0.39, 0.29) is 40.0 Å². The normalized spacial score (nSPS) is 14.5. The molecule has 0 atom stereocenters. The van der Waals surface area contributed by atoms with Crippen molar-refractivity contribution < 1.29 is 35.2 Å². The molecule has 5 rings (SSSR count). The quantitative estimate of drug-likeness (QED) is 0.193. The van der Waals surface area contributed by atoms with Crippen LogP contribution in [0.2, 0.25) is 0 Å². The minimum atomic E-state index is -4.64. The largest absolute Gasteiger partial charge is 0.418 e. The van der Waals surface area contributed by atoms with Gasteiger partial charge in [0.1, 0.15) is 11.5 Å². The minimum absolute atomic E-state index is 0.0517. The maximum Gasteiger partial charge on any atom is 0.418 e. The average molecular weight is 623 g/mol. The molecule has 0 amide bonds. The summed E-state index contributed by atoms with van der Waals surface area (Å²) in [5, 5.41) is 3.22. The fourth-order valence-corrected chi connectivity index (χ4v) is 5.77. The smallest absolute Gasteiger partial charge is 0.368 e. The van der Waals surface area contributed by atoms with Crippen molar-refractivity contribution in [3.8, 4) is 11.1 Å². The van der Waals surface area contributed by atoms with Gasteiger partial charge in [-0.15, -0.1) is 0 Å². The van der Waals surface area contributed by atoms with Gasteiger partial charge in [-0.1, -0.05) is 13.0 Å². The highest BCUT2D eigenvalue weighted by molar-refractivity contribution is 7.90. The van der Waals surface area contributed by atoms with E-state index in [9.17, 15) is 30.8 Å². The molecule has 2 aromatic heterocycles. The topological polar surface area (TPSA) is 110 Å². The number of piperazine rings is 1. The van der Waals surface area contributed by atoms with Crippen LogP contribution in [0.1, 0.15) is 28.4 Å². The van der Waals surface area contributed by atoms with Gasteiger partial charge in [0, 0.05) is 74.4 Å². The highest BCUT2D eigenvalue weighted by atomic mass is 32.2. The zero-order valence-corrected chi connectivity index (χ0v) is 23.8. The Bertz CT molecular complexity index is 1800. The number of rotatable bonds is 8. The highest BCUT2D eigenvalue weighted by Crippen LogP contribution is 2.40. The third kappa shape index (κ3) is 5.92. The first-order chi connectivity index (χ1) is 20.3. The first-order valence-corrected chi connectivity index (χ1v) is 14.7. The number of aromatic nitrogens is 2. The van der Waals surface area contributed by atoms with E-state index in [4.69, 9.17) is 0 Å². The third-order valence-electron chi connectivity index (χ3n) is 7.28. The second-order valence-corrected chi connectivity index (χ2v) is 11.7. The number of alkyl halides is 3. The number of halogens is 5. The molecule has 0 spiro atoms. The van der Waals surface area contributed by atoms with Crippen LogP contribution in [0.5, 0.6) is 0 Å². The Kier molecular flexibility index (Phi) is 8.15. The Morgan fingerprint density at radius 2 is 1.81 bits per heavy atom. The highest BCUT2D eigenvalue weighted by Gasteiger charge is 2.36. The summed E-state index contributed by atoms with van der Waals surface area (Å²) in [5.41, 5.74) is -2.05. The standard InChI is InChI=1S/C28H27F5N6O3S/c1-3-38(2)43(41,42)37-22-6-5-21(29)24(25(22)30)26(40)19-15-36-27-18(19)12-17(14-35-27)16-4-7-23(20(13-16)28(31,32)33)39-10-8-34-9-11-39/h4-7,12-15,34,37H,3,8-11H2,1-2H3,(H,35,36).